The highest BCUT2D eigenvalue weighted by molar-refractivity contribution is 6.35. The number of nitrogens with zero attached hydrogens (tertiary/aromatic N) is 1. The van der Waals surface area contributed by atoms with Crippen LogP contribution in [-0.2, 0) is 13.6 Å². The van der Waals surface area contributed by atoms with Crippen molar-refractivity contribution in [1.29, 1.82) is 0 Å². The molecule has 0 saturated heterocycles. The van der Waals surface area contributed by atoms with Crippen molar-refractivity contribution < 1.29 is 0 Å². The van der Waals surface area contributed by atoms with Crippen LogP contribution in [0.1, 0.15) is 11.3 Å². The van der Waals surface area contributed by atoms with Crippen molar-refractivity contribution in [1.82, 2.24) is 9.88 Å². The molecule has 2 rings (SSSR count). The Hall–Kier alpha value is -0.990. The molecule has 0 unspecified atom stereocenters. The van der Waals surface area contributed by atoms with E-state index in [0.29, 0.717) is 0 Å². The molecule has 0 aliphatic carbocycles. The van der Waals surface area contributed by atoms with Gasteiger partial charge in [-0.2, -0.15) is 0 Å². The summed E-state index contributed by atoms with van der Waals surface area (Å²) in [5.41, 5.74) is 3.73. The Morgan fingerprint density at radius 1 is 1.40 bits per heavy atom. The van der Waals surface area contributed by atoms with Gasteiger partial charge in [-0.3, -0.25) is 0 Å². The molecule has 0 aliphatic heterocycles. The molecule has 1 aromatic heterocycles. The normalized spacial score (nSPS) is 11.2. The second-order valence-corrected chi connectivity index (χ2v) is 4.20. The first-order valence-corrected chi connectivity index (χ1v) is 5.41. The topological polar surface area (TPSA) is 17.0 Å². The highest BCUT2D eigenvalue weighted by atomic mass is 35.5. The zero-order valence-corrected chi connectivity index (χ0v) is 10.0. The molecule has 0 fully saturated rings. The summed E-state index contributed by atoms with van der Waals surface area (Å²) in [6.45, 7) is 3.01. The molecule has 80 valence electrons. The van der Waals surface area contributed by atoms with Crippen molar-refractivity contribution in [2.45, 2.75) is 13.5 Å². The maximum atomic E-state index is 6.21. The number of aryl methyl sites for hydroxylation is 2. The number of rotatable bonds is 2. The van der Waals surface area contributed by atoms with Gasteiger partial charge in [0.15, 0.2) is 0 Å². The quantitative estimate of drug-likeness (QED) is 0.827. The Morgan fingerprint density at radius 3 is 2.73 bits per heavy atom. The average molecular weight is 223 g/mol. The lowest BCUT2D eigenvalue weighted by molar-refractivity contribution is 0.739. The van der Waals surface area contributed by atoms with Crippen LogP contribution in [0.3, 0.4) is 0 Å². The Balaban J connectivity index is 2.79. The lowest BCUT2D eigenvalue weighted by Crippen LogP contribution is -2.10. The van der Waals surface area contributed by atoms with Gasteiger partial charge in [0.05, 0.1) is 10.5 Å². The number of nitrogens with one attached hydrogen (secondary N) is 1. The monoisotopic (exact) mass is 222 g/mol. The molecular formula is C12H15ClN2. The van der Waals surface area contributed by atoms with E-state index < -0.39 is 0 Å². The zero-order valence-electron chi connectivity index (χ0n) is 9.26. The van der Waals surface area contributed by atoms with E-state index in [1.54, 1.807) is 0 Å². The smallest absolute Gasteiger partial charge is 0.0672 e. The molecule has 0 aliphatic rings. The van der Waals surface area contributed by atoms with Crippen molar-refractivity contribution in [3.63, 3.8) is 0 Å². The Morgan fingerprint density at radius 2 is 2.13 bits per heavy atom. The number of fused-ring (bicyclic) bond motifs is 1. The van der Waals surface area contributed by atoms with E-state index >= 15 is 0 Å². The van der Waals surface area contributed by atoms with Crippen LogP contribution >= 0.6 is 11.6 Å². The van der Waals surface area contributed by atoms with Crippen molar-refractivity contribution in [2.75, 3.05) is 7.05 Å². The molecule has 0 saturated carbocycles. The van der Waals surface area contributed by atoms with Gasteiger partial charge in [0.1, 0.15) is 0 Å². The number of hydrogen-bond acceptors (Lipinski definition) is 1. The summed E-state index contributed by atoms with van der Waals surface area (Å²) in [6, 6.07) is 6.06. The molecule has 1 heterocycles. The molecule has 0 radical (unpaired) electrons. The molecule has 0 bridgehead atoms. The number of halogens is 1. The predicted molar refractivity (Wildman–Crippen MR) is 65.4 cm³/mol. The molecule has 1 aromatic carbocycles. The maximum Gasteiger partial charge on any atom is 0.0672 e. The molecule has 0 spiro atoms. The van der Waals surface area contributed by atoms with Gasteiger partial charge in [0.2, 0.25) is 0 Å². The molecule has 2 aromatic rings. The summed E-state index contributed by atoms with van der Waals surface area (Å²) >= 11 is 6.21. The van der Waals surface area contributed by atoms with Crippen LogP contribution < -0.4 is 5.32 Å². The number of hydrogen-bond donors (Lipinski definition) is 1. The molecule has 3 heteroatoms. The molecular weight excluding hydrogens is 208 g/mol. The highest BCUT2D eigenvalue weighted by Crippen LogP contribution is 2.29. The lowest BCUT2D eigenvalue weighted by atomic mass is 10.1. The summed E-state index contributed by atoms with van der Waals surface area (Å²) in [7, 11) is 4.02. The molecule has 2 nitrogen and oxygen atoms in total. The van der Waals surface area contributed by atoms with E-state index in [4.69, 9.17) is 11.6 Å². The highest BCUT2D eigenvalue weighted by Gasteiger charge is 2.12. The second kappa shape index (κ2) is 3.87. The van der Waals surface area contributed by atoms with Crippen LogP contribution in [0.2, 0.25) is 5.02 Å². The molecule has 0 atom stereocenters. The van der Waals surface area contributed by atoms with E-state index in [1.165, 1.54) is 16.6 Å². The second-order valence-electron chi connectivity index (χ2n) is 3.80. The first-order valence-electron chi connectivity index (χ1n) is 5.03. The van der Waals surface area contributed by atoms with Crippen molar-refractivity contribution in [2.24, 2.45) is 7.05 Å². The number of para-hydroxylation sites is 1. The minimum atomic E-state index is 0.820. The summed E-state index contributed by atoms with van der Waals surface area (Å²) in [6.07, 6.45) is 0. The molecule has 15 heavy (non-hydrogen) atoms. The third-order valence-electron chi connectivity index (χ3n) is 2.91. The van der Waals surface area contributed by atoms with Gasteiger partial charge < -0.3 is 9.88 Å². The lowest BCUT2D eigenvalue weighted by Gasteiger charge is -2.04. The standard InChI is InChI=1S/C12H15ClN2/c1-8-9-5-4-6-10(13)12(9)15(3)11(8)7-14-2/h4-6,14H,7H2,1-3H3. The SMILES string of the molecule is CNCc1c(C)c2cccc(Cl)c2n1C. The average Bonchev–Trinajstić information content (AvgIpc) is 2.45. The fourth-order valence-electron chi connectivity index (χ4n) is 2.12. The van der Waals surface area contributed by atoms with Crippen LogP contribution in [0.4, 0.5) is 0 Å². The van der Waals surface area contributed by atoms with Crippen molar-refractivity contribution >= 4 is 22.5 Å². The fraction of sp³-hybridized carbons (Fsp3) is 0.333. The largest absolute Gasteiger partial charge is 0.345 e. The van der Waals surface area contributed by atoms with Crippen LogP contribution in [-0.4, -0.2) is 11.6 Å². The fourth-order valence-corrected chi connectivity index (χ4v) is 2.42. The van der Waals surface area contributed by atoms with Crippen LogP contribution in [0.5, 0.6) is 0 Å². The van der Waals surface area contributed by atoms with E-state index in [2.05, 4.69) is 29.9 Å². The van der Waals surface area contributed by atoms with Gasteiger partial charge in [-0.1, -0.05) is 23.7 Å². The summed E-state index contributed by atoms with van der Waals surface area (Å²) in [5, 5.41) is 5.25. The third kappa shape index (κ3) is 1.54. The summed E-state index contributed by atoms with van der Waals surface area (Å²) in [4.78, 5) is 0. The first-order chi connectivity index (χ1) is 7.16. The third-order valence-corrected chi connectivity index (χ3v) is 3.21. The van der Waals surface area contributed by atoms with Crippen molar-refractivity contribution in [3.05, 3.63) is 34.5 Å². The van der Waals surface area contributed by atoms with Gasteiger partial charge in [0, 0.05) is 24.7 Å². The predicted octanol–water partition coefficient (Wildman–Crippen LogP) is 2.86. The van der Waals surface area contributed by atoms with Gasteiger partial charge in [-0.15, -0.1) is 0 Å². The maximum absolute atomic E-state index is 6.21. The summed E-state index contributed by atoms with van der Waals surface area (Å²) < 4.78 is 2.17. The zero-order chi connectivity index (χ0) is 11.0. The van der Waals surface area contributed by atoms with E-state index in [-0.39, 0.29) is 0 Å². The first kappa shape index (κ1) is 10.5. The van der Waals surface area contributed by atoms with E-state index in [9.17, 15) is 0 Å². The van der Waals surface area contributed by atoms with Gasteiger partial charge >= 0.3 is 0 Å². The summed E-state index contributed by atoms with van der Waals surface area (Å²) in [5.74, 6) is 0. The van der Waals surface area contributed by atoms with Gasteiger partial charge in [0.25, 0.3) is 0 Å². The van der Waals surface area contributed by atoms with Gasteiger partial charge in [-0.05, 0) is 25.6 Å². The Bertz CT molecular complexity index is 500. The van der Waals surface area contributed by atoms with E-state index in [0.717, 1.165) is 17.1 Å². The number of benzene rings is 1. The Kier molecular flexibility index (Phi) is 2.72. The van der Waals surface area contributed by atoms with Crippen LogP contribution in [0, 0.1) is 6.92 Å². The van der Waals surface area contributed by atoms with Gasteiger partial charge in [-0.25, -0.2) is 0 Å². The van der Waals surface area contributed by atoms with Crippen LogP contribution in [0.15, 0.2) is 18.2 Å². The molecule has 0 amide bonds. The minimum Gasteiger partial charge on any atom is -0.345 e. The molecule has 1 N–H and O–H groups in total. The number of aromatic nitrogens is 1. The Labute approximate surface area is 94.8 Å². The minimum absolute atomic E-state index is 0.820. The van der Waals surface area contributed by atoms with E-state index in [1.807, 2.05) is 19.2 Å². The van der Waals surface area contributed by atoms with Crippen molar-refractivity contribution in [3.8, 4) is 0 Å². The van der Waals surface area contributed by atoms with Crippen LogP contribution in [0.25, 0.3) is 10.9 Å².